The maximum absolute atomic E-state index is 3.37. The zero-order chi connectivity index (χ0) is 14.7. The van der Waals surface area contributed by atoms with Gasteiger partial charge in [-0.05, 0) is 17.4 Å². The van der Waals surface area contributed by atoms with Gasteiger partial charge in [0.1, 0.15) is 0 Å². The number of hydrazine groups is 2. The summed E-state index contributed by atoms with van der Waals surface area (Å²) in [5.74, 6) is 0. The standard InChI is InChI=1S/C17H26N4/c1-17(2)10-6-7-11-21(13-17)12-15-16(19-20-18-15)14-8-4-3-5-9-14/h3-9,15-16,18-20H,10-13H2,1-2H3. The third-order valence-electron chi connectivity index (χ3n) is 4.35. The van der Waals surface area contributed by atoms with Crippen LogP contribution in [-0.2, 0) is 0 Å². The molecule has 4 nitrogen and oxygen atoms in total. The van der Waals surface area contributed by atoms with Gasteiger partial charge >= 0.3 is 0 Å². The van der Waals surface area contributed by atoms with E-state index in [0.717, 1.165) is 19.6 Å². The lowest BCUT2D eigenvalue weighted by atomic mass is 9.89. The van der Waals surface area contributed by atoms with Gasteiger partial charge in [-0.3, -0.25) is 4.90 Å². The van der Waals surface area contributed by atoms with Crippen molar-refractivity contribution in [3.8, 4) is 0 Å². The fourth-order valence-corrected chi connectivity index (χ4v) is 3.30. The van der Waals surface area contributed by atoms with E-state index in [9.17, 15) is 0 Å². The average Bonchev–Trinajstić information content (AvgIpc) is 2.84. The summed E-state index contributed by atoms with van der Waals surface area (Å²) >= 11 is 0. The highest BCUT2D eigenvalue weighted by Gasteiger charge is 2.31. The molecule has 2 atom stereocenters. The van der Waals surface area contributed by atoms with Crippen molar-refractivity contribution in [1.82, 2.24) is 21.3 Å². The van der Waals surface area contributed by atoms with Crippen molar-refractivity contribution >= 4 is 0 Å². The zero-order valence-corrected chi connectivity index (χ0v) is 13.0. The largest absolute Gasteiger partial charge is 0.297 e. The van der Waals surface area contributed by atoms with Crippen LogP contribution in [0.15, 0.2) is 42.5 Å². The molecule has 2 aliphatic rings. The fourth-order valence-electron chi connectivity index (χ4n) is 3.30. The summed E-state index contributed by atoms with van der Waals surface area (Å²) in [6, 6.07) is 11.3. The van der Waals surface area contributed by atoms with E-state index in [0.29, 0.717) is 17.5 Å². The smallest absolute Gasteiger partial charge is 0.0655 e. The molecule has 3 rings (SSSR count). The molecule has 0 bridgehead atoms. The second-order valence-corrected chi connectivity index (χ2v) is 6.94. The van der Waals surface area contributed by atoms with Crippen molar-refractivity contribution in [1.29, 1.82) is 0 Å². The second kappa shape index (κ2) is 6.28. The first-order valence-corrected chi connectivity index (χ1v) is 7.82. The maximum Gasteiger partial charge on any atom is 0.0655 e. The van der Waals surface area contributed by atoms with Crippen molar-refractivity contribution in [2.75, 3.05) is 19.6 Å². The van der Waals surface area contributed by atoms with Crippen LogP contribution in [0.2, 0.25) is 0 Å². The van der Waals surface area contributed by atoms with E-state index in [1.807, 2.05) is 0 Å². The summed E-state index contributed by atoms with van der Waals surface area (Å²) in [7, 11) is 0. The molecule has 0 aromatic heterocycles. The van der Waals surface area contributed by atoms with Gasteiger partial charge in [0.2, 0.25) is 0 Å². The van der Waals surface area contributed by atoms with E-state index in [1.54, 1.807) is 0 Å². The Kier molecular flexibility index (Phi) is 4.40. The summed E-state index contributed by atoms with van der Waals surface area (Å²) < 4.78 is 0. The lowest BCUT2D eigenvalue weighted by Gasteiger charge is -2.32. The maximum atomic E-state index is 3.37. The molecule has 1 fully saturated rings. The minimum absolute atomic E-state index is 0.307. The molecule has 114 valence electrons. The van der Waals surface area contributed by atoms with Gasteiger partial charge in [-0.1, -0.05) is 56.3 Å². The molecule has 2 unspecified atom stereocenters. The van der Waals surface area contributed by atoms with E-state index in [2.05, 4.69) is 77.6 Å². The molecule has 3 N–H and O–H groups in total. The van der Waals surface area contributed by atoms with Crippen molar-refractivity contribution in [3.63, 3.8) is 0 Å². The Morgan fingerprint density at radius 3 is 2.76 bits per heavy atom. The van der Waals surface area contributed by atoms with Gasteiger partial charge in [-0.15, -0.1) is 0 Å². The van der Waals surface area contributed by atoms with E-state index < -0.39 is 0 Å². The van der Waals surface area contributed by atoms with Crippen LogP contribution in [0.5, 0.6) is 0 Å². The molecule has 2 heterocycles. The molecule has 0 aliphatic carbocycles. The van der Waals surface area contributed by atoms with E-state index in [1.165, 1.54) is 12.0 Å². The number of benzene rings is 1. The summed E-state index contributed by atoms with van der Waals surface area (Å²) in [4.78, 5) is 2.55. The molecule has 1 aromatic carbocycles. The van der Waals surface area contributed by atoms with Crippen LogP contribution in [0.4, 0.5) is 0 Å². The van der Waals surface area contributed by atoms with Crippen LogP contribution in [0.3, 0.4) is 0 Å². The first-order chi connectivity index (χ1) is 10.1. The van der Waals surface area contributed by atoms with Crippen molar-refractivity contribution in [3.05, 3.63) is 48.0 Å². The van der Waals surface area contributed by atoms with Gasteiger partial charge in [-0.25, -0.2) is 10.9 Å². The Bertz CT molecular complexity index is 483. The zero-order valence-electron chi connectivity index (χ0n) is 13.0. The summed E-state index contributed by atoms with van der Waals surface area (Å²) in [6.45, 7) is 7.92. The van der Waals surface area contributed by atoms with Crippen molar-refractivity contribution < 1.29 is 0 Å². The molecular weight excluding hydrogens is 260 g/mol. The lowest BCUT2D eigenvalue weighted by Crippen LogP contribution is -2.44. The third-order valence-corrected chi connectivity index (χ3v) is 4.35. The lowest BCUT2D eigenvalue weighted by molar-refractivity contribution is 0.184. The molecule has 0 saturated carbocycles. The molecule has 0 radical (unpaired) electrons. The summed E-state index contributed by atoms with van der Waals surface area (Å²) in [5, 5.41) is 0. The van der Waals surface area contributed by atoms with E-state index in [-0.39, 0.29) is 0 Å². The molecule has 1 saturated heterocycles. The Labute approximate surface area is 127 Å². The first kappa shape index (κ1) is 14.7. The highest BCUT2D eigenvalue weighted by molar-refractivity contribution is 5.21. The van der Waals surface area contributed by atoms with Crippen LogP contribution in [-0.4, -0.2) is 30.6 Å². The Morgan fingerprint density at radius 1 is 1.14 bits per heavy atom. The van der Waals surface area contributed by atoms with E-state index >= 15 is 0 Å². The highest BCUT2D eigenvalue weighted by atomic mass is 15.7. The number of rotatable bonds is 3. The monoisotopic (exact) mass is 286 g/mol. The molecule has 0 amide bonds. The summed E-state index contributed by atoms with van der Waals surface area (Å²) in [5.41, 5.74) is 11.5. The first-order valence-electron chi connectivity index (χ1n) is 7.82. The number of nitrogens with zero attached hydrogens (tertiary/aromatic N) is 1. The van der Waals surface area contributed by atoms with Gasteiger partial charge in [0.15, 0.2) is 0 Å². The fraction of sp³-hybridized carbons (Fsp3) is 0.529. The summed E-state index contributed by atoms with van der Waals surface area (Å²) in [6.07, 6.45) is 5.80. The number of hydrogen-bond donors (Lipinski definition) is 3. The molecule has 4 heteroatoms. The van der Waals surface area contributed by atoms with Gasteiger partial charge in [-0.2, -0.15) is 5.53 Å². The number of allylic oxidation sites excluding steroid dienone is 1. The van der Waals surface area contributed by atoms with Gasteiger partial charge in [0.05, 0.1) is 12.1 Å². The van der Waals surface area contributed by atoms with Crippen LogP contribution in [0.25, 0.3) is 0 Å². The highest BCUT2D eigenvalue weighted by Crippen LogP contribution is 2.26. The number of hydrogen-bond acceptors (Lipinski definition) is 4. The normalized spacial score (nSPS) is 29.4. The van der Waals surface area contributed by atoms with Crippen LogP contribution in [0, 0.1) is 5.41 Å². The minimum atomic E-state index is 0.307. The van der Waals surface area contributed by atoms with Crippen LogP contribution >= 0.6 is 0 Å². The Morgan fingerprint density at radius 2 is 1.95 bits per heavy atom. The third kappa shape index (κ3) is 3.71. The predicted molar refractivity (Wildman–Crippen MR) is 86.4 cm³/mol. The van der Waals surface area contributed by atoms with Crippen LogP contribution < -0.4 is 16.4 Å². The van der Waals surface area contributed by atoms with Crippen LogP contribution in [0.1, 0.15) is 31.9 Å². The van der Waals surface area contributed by atoms with Gasteiger partial charge in [0.25, 0.3) is 0 Å². The van der Waals surface area contributed by atoms with Gasteiger partial charge < -0.3 is 0 Å². The topological polar surface area (TPSA) is 39.3 Å². The molecule has 2 aliphatic heterocycles. The van der Waals surface area contributed by atoms with Crippen molar-refractivity contribution in [2.45, 2.75) is 32.4 Å². The Balaban J connectivity index is 1.67. The number of nitrogens with one attached hydrogen (secondary N) is 3. The average molecular weight is 286 g/mol. The second-order valence-electron chi connectivity index (χ2n) is 6.94. The quantitative estimate of drug-likeness (QED) is 0.743. The Hall–Kier alpha value is -1.20. The SMILES string of the molecule is CC1(C)CC=CCN(CC2NNNC2c2ccccc2)C1. The molecular formula is C17H26N4. The molecule has 21 heavy (non-hydrogen) atoms. The van der Waals surface area contributed by atoms with Crippen molar-refractivity contribution in [2.24, 2.45) is 5.41 Å². The molecule has 0 spiro atoms. The van der Waals surface area contributed by atoms with Gasteiger partial charge in [0, 0.05) is 19.6 Å². The molecule has 1 aromatic rings. The predicted octanol–water partition coefficient (Wildman–Crippen LogP) is 2.00. The van der Waals surface area contributed by atoms with E-state index in [4.69, 9.17) is 0 Å². The minimum Gasteiger partial charge on any atom is -0.297 e.